The van der Waals surface area contributed by atoms with Gasteiger partial charge < -0.3 is 0 Å². The number of rotatable bonds is 3. The highest BCUT2D eigenvalue weighted by Crippen LogP contribution is 1.93. The first-order valence-electron chi connectivity index (χ1n) is 3.43. The maximum Gasteiger partial charge on any atom is 0.0293 e. The van der Waals surface area contributed by atoms with Crippen LogP contribution in [0.3, 0.4) is 0 Å². The fraction of sp³-hybridized carbons (Fsp3) is 0.556. The molecule has 0 unspecified atom stereocenters. The van der Waals surface area contributed by atoms with Crippen LogP contribution in [0.2, 0.25) is 0 Å². The van der Waals surface area contributed by atoms with Crippen molar-refractivity contribution in [1.82, 2.24) is 0 Å². The highest BCUT2D eigenvalue weighted by Gasteiger charge is 1.78. The van der Waals surface area contributed by atoms with Crippen LogP contribution >= 0.6 is 11.6 Å². The molecule has 0 saturated carbocycles. The van der Waals surface area contributed by atoms with Crippen molar-refractivity contribution in [3.8, 4) is 11.8 Å². The topological polar surface area (TPSA) is 0 Å². The molecule has 0 N–H and O–H groups in total. The smallest absolute Gasteiger partial charge is 0.0293 e. The van der Waals surface area contributed by atoms with Crippen molar-refractivity contribution in [2.45, 2.75) is 26.2 Å². The van der Waals surface area contributed by atoms with Gasteiger partial charge in [0.05, 0.1) is 0 Å². The summed E-state index contributed by atoms with van der Waals surface area (Å²) in [5.74, 6) is 6.74. The average Bonchev–Trinajstić information content (AvgIpc) is 1.87. The minimum absolute atomic E-state index is 0.710. The van der Waals surface area contributed by atoms with Crippen molar-refractivity contribution in [3.63, 3.8) is 0 Å². The third kappa shape index (κ3) is 7.59. The monoisotopic (exact) mass is 156 g/mol. The van der Waals surface area contributed by atoms with Crippen molar-refractivity contribution >= 4 is 11.6 Å². The molecule has 0 radical (unpaired) electrons. The molecule has 1 heteroatoms. The van der Waals surface area contributed by atoms with Gasteiger partial charge in [-0.25, -0.2) is 0 Å². The van der Waals surface area contributed by atoms with E-state index in [-0.39, 0.29) is 0 Å². The highest BCUT2D eigenvalue weighted by atomic mass is 35.5. The van der Waals surface area contributed by atoms with Crippen LogP contribution in [0.15, 0.2) is 12.2 Å². The van der Waals surface area contributed by atoms with Crippen LogP contribution < -0.4 is 0 Å². The summed E-state index contributed by atoms with van der Waals surface area (Å²) in [7, 11) is 0. The van der Waals surface area contributed by atoms with Gasteiger partial charge in [0.15, 0.2) is 0 Å². The van der Waals surface area contributed by atoms with Gasteiger partial charge in [-0.05, 0) is 13.3 Å². The quantitative estimate of drug-likeness (QED) is 0.255. The van der Waals surface area contributed by atoms with Crippen LogP contribution in [0.5, 0.6) is 0 Å². The van der Waals surface area contributed by atoms with Crippen LogP contribution in [0.25, 0.3) is 0 Å². The van der Waals surface area contributed by atoms with Crippen LogP contribution in [0.1, 0.15) is 26.2 Å². The minimum Gasteiger partial charge on any atom is -0.127 e. The molecule has 0 aliphatic rings. The summed E-state index contributed by atoms with van der Waals surface area (Å²) >= 11 is 5.46. The number of alkyl halides is 1. The zero-order valence-corrected chi connectivity index (χ0v) is 7.17. The third-order valence-electron chi connectivity index (χ3n) is 0.951. The van der Waals surface area contributed by atoms with E-state index in [0.29, 0.717) is 5.88 Å². The molecule has 0 rings (SSSR count). The predicted octanol–water partition coefficient (Wildman–Crippen LogP) is 2.98. The van der Waals surface area contributed by atoms with Crippen molar-refractivity contribution < 1.29 is 0 Å². The molecule has 0 aromatic rings. The van der Waals surface area contributed by atoms with E-state index in [1.54, 1.807) is 0 Å². The fourth-order valence-electron chi connectivity index (χ4n) is 0.457. The van der Waals surface area contributed by atoms with Crippen LogP contribution in [0, 0.1) is 11.8 Å². The molecule has 0 aliphatic heterocycles. The number of halogens is 1. The summed E-state index contributed by atoms with van der Waals surface area (Å²) in [6.07, 6.45) is 2.73. The second kappa shape index (κ2) is 6.71. The third-order valence-corrected chi connectivity index (χ3v) is 1.22. The second-order valence-electron chi connectivity index (χ2n) is 2.28. The first-order valence-corrected chi connectivity index (χ1v) is 3.97. The lowest BCUT2D eigenvalue weighted by atomic mass is 10.2. The zero-order chi connectivity index (χ0) is 7.82. The molecule has 0 atom stereocenters. The Bertz CT molecular complexity index is 148. The SMILES string of the molecule is C=C(C)CC#CCCCCl. The van der Waals surface area contributed by atoms with Gasteiger partial charge in [0.1, 0.15) is 0 Å². The number of hydrogen-bond acceptors (Lipinski definition) is 0. The summed E-state index contributed by atoms with van der Waals surface area (Å²) in [6.45, 7) is 5.73. The van der Waals surface area contributed by atoms with Gasteiger partial charge in [-0.2, -0.15) is 0 Å². The van der Waals surface area contributed by atoms with Gasteiger partial charge in [-0.1, -0.05) is 18.1 Å². The van der Waals surface area contributed by atoms with Gasteiger partial charge >= 0.3 is 0 Å². The first kappa shape index (κ1) is 9.59. The average molecular weight is 157 g/mol. The Labute approximate surface area is 68.3 Å². The maximum atomic E-state index is 5.46. The Balaban J connectivity index is 3.23. The summed E-state index contributed by atoms with van der Waals surface area (Å²) < 4.78 is 0. The Morgan fingerprint density at radius 2 is 2.20 bits per heavy atom. The van der Waals surface area contributed by atoms with Gasteiger partial charge in [0.2, 0.25) is 0 Å². The molecular formula is C9H13Cl. The van der Waals surface area contributed by atoms with E-state index in [1.165, 1.54) is 0 Å². The summed E-state index contributed by atoms with van der Waals surface area (Å²) in [4.78, 5) is 0. The van der Waals surface area contributed by atoms with E-state index in [4.69, 9.17) is 11.6 Å². The van der Waals surface area contributed by atoms with Gasteiger partial charge in [-0.15, -0.1) is 17.5 Å². The Hall–Kier alpha value is -0.410. The van der Waals surface area contributed by atoms with E-state index in [9.17, 15) is 0 Å². The second-order valence-corrected chi connectivity index (χ2v) is 2.66. The molecule has 0 bridgehead atoms. The van der Waals surface area contributed by atoms with E-state index < -0.39 is 0 Å². The molecule has 0 nitrogen and oxygen atoms in total. The predicted molar refractivity (Wildman–Crippen MR) is 47.2 cm³/mol. The Kier molecular flexibility index (Phi) is 6.43. The molecule has 10 heavy (non-hydrogen) atoms. The molecule has 0 saturated heterocycles. The lowest BCUT2D eigenvalue weighted by Crippen LogP contribution is -1.72. The maximum absolute atomic E-state index is 5.46. The van der Waals surface area contributed by atoms with E-state index in [0.717, 1.165) is 24.8 Å². The van der Waals surface area contributed by atoms with Gasteiger partial charge in [0, 0.05) is 18.7 Å². The van der Waals surface area contributed by atoms with Crippen LogP contribution in [-0.4, -0.2) is 5.88 Å². The van der Waals surface area contributed by atoms with Gasteiger partial charge in [-0.3, -0.25) is 0 Å². The Morgan fingerprint density at radius 1 is 1.50 bits per heavy atom. The standard InChI is InChI=1S/C9H13Cl/c1-9(2)7-5-3-4-6-8-10/h1,4,6-8H2,2H3. The minimum atomic E-state index is 0.710. The normalized spacial score (nSPS) is 8.20. The van der Waals surface area contributed by atoms with Gasteiger partial charge in [0.25, 0.3) is 0 Å². The van der Waals surface area contributed by atoms with Crippen molar-refractivity contribution in [2.24, 2.45) is 0 Å². The number of allylic oxidation sites excluding steroid dienone is 1. The molecular weight excluding hydrogens is 144 g/mol. The van der Waals surface area contributed by atoms with Crippen molar-refractivity contribution in [3.05, 3.63) is 12.2 Å². The molecule has 0 fully saturated rings. The number of unbranched alkanes of at least 4 members (excludes halogenated alkanes) is 1. The van der Waals surface area contributed by atoms with E-state index >= 15 is 0 Å². The Morgan fingerprint density at radius 3 is 2.70 bits per heavy atom. The summed E-state index contributed by atoms with van der Waals surface area (Å²) in [5.41, 5.74) is 1.12. The number of hydrogen-bond donors (Lipinski definition) is 0. The zero-order valence-electron chi connectivity index (χ0n) is 6.41. The molecule has 0 aromatic carbocycles. The summed E-state index contributed by atoms with van der Waals surface area (Å²) in [5, 5.41) is 0. The molecule has 0 heterocycles. The molecule has 0 amide bonds. The van der Waals surface area contributed by atoms with Crippen LogP contribution in [0.4, 0.5) is 0 Å². The highest BCUT2D eigenvalue weighted by molar-refractivity contribution is 6.17. The van der Waals surface area contributed by atoms with Crippen molar-refractivity contribution in [2.75, 3.05) is 5.88 Å². The fourth-order valence-corrected chi connectivity index (χ4v) is 0.591. The first-order chi connectivity index (χ1) is 4.77. The van der Waals surface area contributed by atoms with E-state index in [1.807, 2.05) is 6.92 Å². The molecule has 0 aliphatic carbocycles. The summed E-state index contributed by atoms with van der Waals surface area (Å²) in [6, 6.07) is 0. The largest absolute Gasteiger partial charge is 0.127 e. The lowest BCUT2D eigenvalue weighted by Gasteiger charge is -1.85. The molecule has 0 spiro atoms. The van der Waals surface area contributed by atoms with E-state index in [2.05, 4.69) is 18.4 Å². The lowest BCUT2D eigenvalue weighted by molar-refractivity contribution is 0.989. The van der Waals surface area contributed by atoms with Crippen LogP contribution in [-0.2, 0) is 0 Å². The van der Waals surface area contributed by atoms with Crippen molar-refractivity contribution in [1.29, 1.82) is 0 Å². The molecule has 56 valence electrons. The molecule has 0 aromatic heterocycles.